The van der Waals surface area contributed by atoms with E-state index in [4.69, 9.17) is 0 Å². The monoisotopic (exact) mass is 200 g/mol. The zero-order chi connectivity index (χ0) is 11.1. The minimum Gasteiger partial charge on any atom is -0.255 e. The average molecular weight is 200 g/mol. The molecule has 0 N–H and O–H groups in total. The summed E-state index contributed by atoms with van der Waals surface area (Å²) in [4.78, 5) is 8.99. The van der Waals surface area contributed by atoms with Gasteiger partial charge in [0.15, 0.2) is 0 Å². The molecular formula is C13H16N2. The highest BCUT2D eigenvalue weighted by Gasteiger charge is 2.15. The molecule has 2 nitrogen and oxygen atoms in total. The van der Waals surface area contributed by atoms with E-state index in [0.29, 0.717) is 0 Å². The molecule has 0 aliphatic carbocycles. The topological polar surface area (TPSA) is 25.8 Å². The number of aromatic nitrogens is 2. The summed E-state index contributed by atoms with van der Waals surface area (Å²) in [5, 5.41) is 0. The van der Waals surface area contributed by atoms with Crippen LogP contribution in [-0.4, -0.2) is 9.97 Å². The van der Waals surface area contributed by atoms with Crippen LogP contribution in [0.15, 0.2) is 24.4 Å². The summed E-state index contributed by atoms with van der Waals surface area (Å²) in [6.07, 6.45) is 1.83. The standard InChI is InChI=1S/C13H16N2/c1-9-7-8-14-10-5-6-11(13(2,3)4)15-12(9)10/h5-8H,1-4H3. The van der Waals surface area contributed by atoms with Crippen molar-refractivity contribution in [3.63, 3.8) is 0 Å². The van der Waals surface area contributed by atoms with Crippen LogP contribution in [0.3, 0.4) is 0 Å². The van der Waals surface area contributed by atoms with E-state index in [2.05, 4.69) is 49.8 Å². The zero-order valence-corrected chi connectivity index (χ0v) is 9.70. The third-order valence-electron chi connectivity index (χ3n) is 2.55. The van der Waals surface area contributed by atoms with Gasteiger partial charge in [0.2, 0.25) is 0 Å². The highest BCUT2D eigenvalue weighted by molar-refractivity contribution is 5.77. The van der Waals surface area contributed by atoms with Crippen molar-refractivity contribution in [2.45, 2.75) is 33.1 Å². The molecule has 0 spiro atoms. The molecular weight excluding hydrogens is 184 g/mol. The molecule has 0 unspecified atom stereocenters. The Morgan fingerprint density at radius 3 is 2.47 bits per heavy atom. The van der Waals surface area contributed by atoms with E-state index in [-0.39, 0.29) is 5.41 Å². The molecule has 0 aliphatic heterocycles. The van der Waals surface area contributed by atoms with Crippen LogP contribution in [0.1, 0.15) is 32.0 Å². The van der Waals surface area contributed by atoms with E-state index >= 15 is 0 Å². The molecule has 2 aromatic rings. The van der Waals surface area contributed by atoms with Gasteiger partial charge < -0.3 is 0 Å². The van der Waals surface area contributed by atoms with Crippen LogP contribution >= 0.6 is 0 Å². The Labute approximate surface area is 90.4 Å². The predicted octanol–water partition coefficient (Wildman–Crippen LogP) is 3.24. The Kier molecular flexibility index (Phi) is 2.22. The van der Waals surface area contributed by atoms with E-state index in [1.807, 2.05) is 12.3 Å². The van der Waals surface area contributed by atoms with Gasteiger partial charge in [-0.3, -0.25) is 9.97 Å². The Bertz CT molecular complexity index is 495. The van der Waals surface area contributed by atoms with Gasteiger partial charge >= 0.3 is 0 Å². The number of fused-ring (bicyclic) bond motifs is 1. The minimum absolute atomic E-state index is 0.0937. The summed E-state index contributed by atoms with van der Waals surface area (Å²) in [5.41, 5.74) is 4.39. The van der Waals surface area contributed by atoms with Gasteiger partial charge in [0.1, 0.15) is 0 Å². The minimum atomic E-state index is 0.0937. The lowest BCUT2D eigenvalue weighted by molar-refractivity contribution is 0.571. The highest BCUT2D eigenvalue weighted by Crippen LogP contribution is 2.23. The van der Waals surface area contributed by atoms with Crippen molar-refractivity contribution in [3.8, 4) is 0 Å². The Balaban J connectivity index is 2.70. The second-order valence-electron chi connectivity index (χ2n) is 4.94. The fraction of sp³-hybridized carbons (Fsp3) is 0.385. The first-order valence-electron chi connectivity index (χ1n) is 5.21. The number of aryl methyl sites for hydroxylation is 1. The molecule has 0 saturated heterocycles. The summed E-state index contributed by atoms with van der Waals surface area (Å²) in [5.74, 6) is 0. The molecule has 0 fully saturated rings. The Hall–Kier alpha value is -1.44. The lowest BCUT2D eigenvalue weighted by Gasteiger charge is -2.18. The van der Waals surface area contributed by atoms with E-state index in [1.165, 1.54) is 5.56 Å². The highest BCUT2D eigenvalue weighted by atomic mass is 14.8. The normalized spacial score (nSPS) is 12.0. The number of rotatable bonds is 0. The van der Waals surface area contributed by atoms with Crippen LogP contribution in [0, 0.1) is 6.92 Å². The summed E-state index contributed by atoms with van der Waals surface area (Å²) < 4.78 is 0. The fourth-order valence-corrected chi connectivity index (χ4v) is 1.57. The first kappa shape index (κ1) is 10.1. The van der Waals surface area contributed by atoms with Crippen LogP contribution in [0.25, 0.3) is 11.0 Å². The molecule has 15 heavy (non-hydrogen) atoms. The van der Waals surface area contributed by atoms with Gasteiger partial charge in [-0.1, -0.05) is 20.8 Å². The van der Waals surface area contributed by atoms with E-state index in [1.54, 1.807) is 0 Å². The van der Waals surface area contributed by atoms with Crippen LogP contribution in [0.5, 0.6) is 0 Å². The van der Waals surface area contributed by atoms with Gasteiger partial charge in [0.25, 0.3) is 0 Å². The smallest absolute Gasteiger partial charge is 0.0919 e. The summed E-state index contributed by atoms with van der Waals surface area (Å²) in [6, 6.07) is 6.12. The maximum Gasteiger partial charge on any atom is 0.0919 e. The van der Waals surface area contributed by atoms with Gasteiger partial charge in [-0.05, 0) is 30.7 Å². The lowest BCUT2D eigenvalue weighted by Crippen LogP contribution is -2.13. The van der Waals surface area contributed by atoms with E-state index < -0.39 is 0 Å². The molecule has 0 saturated carbocycles. The molecule has 2 rings (SSSR count). The molecule has 2 aromatic heterocycles. The lowest BCUT2D eigenvalue weighted by atomic mass is 9.91. The first-order chi connectivity index (χ1) is 6.98. The Morgan fingerprint density at radius 1 is 1.07 bits per heavy atom. The van der Waals surface area contributed by atoms with Crippen molar-refractivity contribution in [2.24, 2.45) is 0 Å². The van der Waals surface area contributed by atoms with Crippen LogP contribution in [-0.2, 0) is 5.41 Å². The van der Waals surface area contributed by atoms with Gasteiger partial charge in [-0.15, -0.1) is 0 Å². The van der Waals surface area contributed by atoms with E-state index in [0.717, 1.165) is 16.7 Å². The second-order valence-corrected chi connectivity index (χ2v) is 4.94. The summed E-state index contributed by atoms with van der Waals surface area (Å²) >= 11 is 0. The van der Waals surface area contributed by atoms with Crippen molar-refractivity contribution in [2.75, 3.05) is 0 Å². The predicted molar refractivity (Wildman–Crippen MR) is 63.0 cm³/mol. The molecule has 2 heteroatoms. The zero-order valence-electron chi connectivity index (χ0n) is 9.70. The van der Waals surface area contributed by atoms with Crippen LogP contribution in [0.2, 0.25) is 0 Å². The number of pyridine rings is 2. The maximum absolute atomic E-state index is 4.68. The van der Waals surface area contributed by atoms with Crippen molar-refractivity contribution in [1.29, 1.82) is 0 Å². The van der Waals surface area contributed by atoms with Crippen molar-refractivity contribution < 1.29 is 0 Å². The largest absolute Gasteiger partial charge is 0.255 e. The van der Waals surface area contributed by atoms with Crippen LogP contribution in [0.4, 0.5) is 0 Å². The number of nitrogens with zero attached hydrogens (tertiary/aromatic N) is 2. The number of hydrogen-bond donors (Lipinski definition) is 0. The number of hydrogen-bond acceptors (Lipinski definition) is 2. The van der Waals surface area contributed by atoms with Crippen molar-refractivity contribution in [1.82, 2.24) is 9.97 Å². The molecule has 0 amide bonds. The molecule has 2 heterocycles. The van der Waals surface area contributed by atoms with Crippen molar-refractivity contribution in [3.05, 3.63) is 35.7 Å². The van der Waals surface area contributed by atoms with Crippen LogP contribution < -0.4 is 0 Å². The quantitative estimate of drug-likeness (QED) is 0.652. The van der Waals surface area contributed by atoms with Gasteiger partial charge in [0, 0.05) is 17.3 Å². The SMILES string of the molecule is Cc1ccnc2ccc(C(C)(C)C)nc12. The maximum atomic E-state index is 4.68. The Morgan fingerprint density at radius 2 is 1.80 bits per heavy atom. The van der Waals surface area contributed by atoms with E-state index in [9.17, 15) is 0 Å². The fourth-order valence-electron chi connectivity index (χ4n) is 1.57. The summed E-state index contributed by atoms with van der Waals surface area (Å²) in [6.45, 7) is 8.59. The third-order valence-corrected chi connectivity index (χ3v) is 2.55. The summed E-state index contributed by atoms with van der Waals surface area (Å²) in [7, 11) is 0. The van der Waals surface area contributed by atoms with Gasteiger partial charge in [0.05, 0.1) is 11.0 Å². The van der Waals surface area contributed by atoms with Gasteiger partial charge in [-0.25, -0.2) is 0 Å². The molecule has 78 valence electrons. The van der Waals surface area contributed by atoms with Gasteiger partial charge in [-0.2, -0.15) is 0 Å². The molecule has 0 bridgehead atoms. The first-order valence-corrected chi connectivity index (χ1v) is 5.21. The second kappa shape index (κ2) is 3.30. The third kappa shape index (κ3) is 1.84. The molecule has 0 atom stereocenters. The van der Waals surface area contributed by atoms with Crippen molar-refractivity contribution >= 4 is 11.0 Å². The molecule has 0 radical (unpaired) electrons. The molecule has 0 aromatic carbocycles. The average Bonchev–Trinajstić information content (AvgIpc) is 2.16. The molecule has 0 aliphatic rings.